The molecule has 2 aliphatic heterocycles. The Kier molecular flexibility index (Phi) is 2.64. The third kappa shape index (κ3) is 1.89. The van der Waals surface area contributed by atoms with Crippen LogP contribution in [0.25, 0.3) is 0 Å². The van der Waals surface area contributed by atoms with Crippen molar-refractivity contribution >= 4 is 23.1 Å². The number of fused-ring (bicyclic) bond motifs is 1. The lowest BCUT2D eigenvalue weighted by Crippen LogP contribution is -2.25. The first kappa shape index (κ1) is 9.96. The topological polar surface area (TPSA) is 41.1 Å². The van der Waals surface area contributed by atoms with Crippen molar-refractivity contribution in [2.45, 2.75) is 6.54 Å². The standard InChI is InChI=1S/C9H13ClN4S/c10-9-8(12-13-15-9)5-14-3-6-1-11-2-7(6)4-14/h6-7,11H,1-5H2. The predicted octanol–water partition coefficient (Wildman–Crippen LogP) is 0.843. The number of aromatic nitrogens is 2. The maximum atomic E-state index is 5.99. The van der Waals surface area contributed by atoms with Crippen LogP contribution in [0.15, 0.2) is 0 Å². The van der Waals surface area contributed by atoms with E-state index in [1.54, 1.807) is 0 Å². The maximum absolute atomic E-state index is 5.99. The van der Waals surface area contributed by atoms with Crippen molar-refractivity contribution in [3.05, 3.63) is 10.0 Å². The molecule has 1 aromatic rings. The van der Waals surface area contributed by atoms with E-state index in [0.717, 1.165) is 28.4 Å². The molecule has 1 N–H and O–H groups in total. The fourth-order valence-electron chi connectivity index (χ4n) is 2.58. The van der Waals surface area contributed by atoms with Gasteiger partial charge in [-0.25, -0.2) is 0 Å². The number of halogens is 1. The Bertz CT molecular complexity index is 344. The molecule has 0 aromatic carbocycles. The number of hydrogen-bond donors (Lipinski definition) is 1. The van der Waals surface area contributed by atoms with E-state index in [0.29, 0.717) is 0 Å². The molecule has 4 nitrogen and oxygen atoms in total. The first-order chi connectivity index (χ1) is 7.33. The Morgan fingerprint density at radius 3 is 2.73 bits per heavy atom. The summed E-state index contributed by atoms with van der Waals surface area (Å²) in [6.45, 7) is 5.55. The molecule has 82 valence electrons. The van der Waals surface area contributed by atoms with Crippen LogP contribution in [0, 0.1) is 11.8 Å². The van der Waals surface area contributed by atoms with Gasteiger partial charge in [0.1, 0.15) is 10.0 Å². The molecule has 2 atom stereocenters. The number of nitrogens with one attached hydrogen (secondary N) is 1. The summed E-state index contributed by atoms with van der Waals surface area (Å²) in [6, 6.07) is 0. The van der Waals surface area contributed by atoms with Crippen LogP contribution in [0.1, 0.15) is 5.69 Å². The molecule has 0 bridgehead atoms. The zero-order valence-electron chi connectivity index (χ0n) is 8.32. The molecule has 3 heterocycles. The summed E-state index contributed by atoms with van der Waals surface area (Å²) in [4.78, 5) is 2.44. The zero-order chi connectivity index (χ0) is 10.3. The van der Waals surface area contributed by atoms with Crippen LogP contribution >= 0.6 is 23.1 Å². The van der Waals surface area contributed by atoms with Crippen LogP contribution in [0.5, 0.6) is 0 Å². The van der Waals surface area contributed by atoms with Gasteiger partial charge in [0.25, 0.3) is 0 Å². The molecule has 15 heavy (non-hydrogen) atoms. The van der Waals surface area contributed by atoms with E-state index in [1.807, 2.05) is 0 Å². The van der Waals surface area contributed by atoms with Gasteiger partial charge < -0.3 is 5.32 Å². The number of rotatable bonds is 2. The molecule has 3 rings (SSSR count). The second kappa shape index (κ2) is 3.97. The molecule has 0 saturated carbocycles. The molecule has 0 radical (unpaired) electrons. The van der Waals surface area contributed by atoms with E-state index >= 15 is 0 Å². The third-order valence-corrected chi connectivity index (χ3v) is 4.33. The number of hydrogen-bond acceptors (Lipinski definition) is 5. The van der Waals surface area contributed by atoms with Crippen molar-refractivity contribution in [2.75, 3.05) is 26.2 Å². The Morgan fingerprint density at radius 1 is 1.40 bits per heavy atom. The van der Waals surface area contributed by atoms with E-state index in [2.05, 4.69) is 19.8 Å². The lowest BCUT2D eigenvalue weighted by Gasteiger charge is -2.14. The third-order valence-electron chi connectivity index (χ3n) is 3.35. The van der Waals surface area contributed by atoms with E-state index in [9.17, 15) is 0 Å². The lowest BCUT2D eigenvalue weighted by atomic mass is 10.0. The summed E-state index contributed by atoms with van der Waals surface area (Å²) in [5, 5.41) is 7.49. The van der Waals surface area contributed by atoms with Gasteiger partial charge in [-0.2, -0.15) is 0 Å². The van der Waals surface area contributed by atoms with Crippen LogP contribution in [-0.4, -0.2) is 40.7 Å². The van der Waals surface area contributed by atoms with E-state index in [4.69, 9.17) is 11.6 Å². The number of nitrogens with zero attached hydrogens (tertiary/aromatic N) is 3. The average molecular weight is 245 g/mol. The second-order valence-corrected chi connectivity index (χ2v) is 5.72. The minimum Gasteiger partial charge on any atom is -0.316 e. The highest BCUT2D eigenvalue weighted by atomic mass is 35.5. The highest BCUT2D eigenvalue weighted by Gasteiger charge is 2.36. The van der Waals surface area contributed by atoms with Gasteiger partial charge >= 0.3 is 0 Å². The molecule has 0 spiro atoms. The van der Waals surface area contributed by atoms with E-state index in [1.165, 1.54) is 37.7 Å². The van der Waals surface area contributed by atoms with Crippen molar-refractivity contribution in [2.24, 2.45) is 11.8 Å². The van der Waals surface area contributed by atoms with Gasteiger partial charge in [-0.15, -0.1) is 5.10 Å². The van der Waals surface area contributed by atoms with Gasteiger partial charge in [0, 0.05) is 31.2 Å². The minimum atomic E-state index is 0.741. The van der Waals surface area contributed by atoms with Crippen LogP contribution in [0.2, 0.25) is 4.34 Å². The predicted molar refractivity (Wildman–Crippen MR) is 60.0 cm³/mol. The summed E-state index contributed by atoms with van der Waals surface area (Å²) >= 11 is 7.27. The normalized spacial score (nSPS) is 31.0. The second-order valence-electron chi connectivity index (χ2n) is 4.37. The van der Waals surface area contributed by atoms with Crippen molar-refractivity contribution in [1.29, 1.82) is 0 Å². The maximum Gasteiger partial charge on any atom is 0.138 e. The molecule has 2 aliphatic rings. The van der Waals surface area contributed by atoms with Crippen LogP contribution in [0.3, 0.4) is 0 Å². The summed E-state index contributed by atoms with van der Waals surface area (Å²) in [5.74, 6) is 1.66. The SMILES string of the molecule is Clc1snnc1CN1CC2CNCC2C1. The summed E-state index contributed by atoms with van der Waals surface area (Å²) in [7, 11) is 0. The van der Waals surface area contributed by atoms with E-state index in [-0.39, 0.29) is 0 Å². The quantitative estimate of drug-likeness (QED) is 0.837. The van der Waals surface area contributed by atoms with Gasteiger partial charge in [-0.3, -0.25) is 4.90 Å². The molecular formula is C9H13ClN4S. The van der Waals surface area contributed by atoms with Gasteiger partial charge in [0.05, 0.1) is 0 Å². The summed E-state index contributed by atoms with van der Waals surface area (Å²) < 4.78 is 4.60. The molecule has 2 saturated heterocycles. The lowest BCUT2D eigenvalue weighted by molar-refractivity contribution is 0.302. The van der Waals surface area contributed by atoms with Crippen molar-refractivity contribution in [3.8, 4) is 0 Å². The van der Waals surface area contributed by atoms with Crippen LogP contribution in [-0.2, 0) is 6.54 Å². The summed E-state index contributed by atoms with van der Waals surface area (Å²) in [6.07, 6.45) is 0. The summed E-state index contributed by atoms with van der Waals surface area (Å²) in [5.41, 5.74) is 0.939. The zero-order valence-corrected chi connectivity index (χ0v) is 9.89. The Labute approximate surface area is 97.8 Å². The molecule has 2 unspecified atom stereocenters. The first-order valence-electron chi connectivity index (χ1n) is 5.22. The highest BCUT2D eigenvalue weighted by molar-refractivity contribution is 7.10. The van der Waals surface area contributed by atoms with E-state index < -0.39 is 0 Å². The van der Waals surface area contributed by atoms with Crippen molar-refractivity contribution in [1.82, 2.24) is 19.8 Å². The van der Waals surface area contributed by atoms with Gasteiger partial charge in [0.15, 0.2) is 0 Å². The first-order valence-corrected chi connectivity index (χ1v) is 6.38. The monoisotopic (exact) mass is 244 g/mol. The largest absolute Gasteiger partial charge is 0.316 e. The molecular weight excluding hydrogens is 232 g/mol. The highest BCUT2D eigenvalue weighted by Crippen LogP contribution is 2.28. The fourth-order valence-corrected chi connectivity index (χ4v) is 3.20. The molecule has 6 heteroatoms. The smallest absolute Gasteiger partial charge is 0.138 e. The van der Waals surface area contributed by atoms with Gasteiger partial charge in [-0.1, -0.05) is 16.1 Å². The van der Waals surface area contributed by atoms with Crippen LogP contribution in [0.4, 0.5) is 0 Å². The Morgan fingerprint density at radius 2 is 2.13 bits per heavy atom. The van der Waals surface area contributed by atoms with Gasteiger partial charge in [-0.05, 0) is 24.9 Å². The molecule has 2 fully saturated rings. The van der Waals surface area contributed by atoms with Crippen LogP contribution < -0.4 is 5.32 Å². The van der Waals surface area contributed by atoms with Crippen molar-refractivity contribution in [3.63, 3.8) is 0 Å². The number of likely N-dealkylation sites (tertiary alicyclic amines) is 1. The van der Waals surface area contributed by atoms with Crippen molar-refractivity contribution < 1.29 is 0 Å². The van der Waals surface area contributed by atoms with Gasteiger partial charge in [0.2, 0.25) is 0 Å². The molecule has 0 amide bonds. The molecule has 1 aromatic heterocycles. The fraction of sp³-hybridized carbons (Fsp3) is 0.778. The molecule has 0 aliphatic carbocycles. The Hall–Kier alpha value is -0.230. The minimum absolute atomic E-state index is 0.741. The average Bonchev–Trinajstić information content (AvgIpc) is 2.83. The Balaban J connectivity index is 1.64.